The van der Waals surface area contributed by atoms with Gasteiger partial charge in [0.05, 0.1) is 17.2 Å². The fraction of sp³-hybridized carbons (Fsp3) is 0.0588. The maximum atomic E-state index is 12.9. The first-order valence-corrected chi connectivity index (χ1v) is 8.81. The predicted molar refractivity (Wildman–Crippen MR) is 86.0 cm³/mol. The molecule has 0 spiro atoms. The summed E-state index contributed by atoms with van der Waals surface area (Å²) in [4.78, 5) is 13.8. The molecule has 2 aromatic heterocycles. The van der Waals surface area contributed by atoms with Crippen LogP contribution in [0.15, 0.2) is 66.0 Å². The van der Waals surface area contributed by atoms with Gasteiger partial charge in [-0.2, -0.15) is 13.2 Å². The molecule has 27 heavy (non-hydrogen) atoms. The lowest BCUT2D eigenvalue weighted by Gasteiger charge is -2.12. The molecule has 6 nitrogen and oxygen atoms in total. The number of carboxylic acid groups (broad SMARTS) is 1. The summed E-state index contributed by atoms with van der Waals surface area (Å²) < 4.78 is 65.0. The Hall–Kier alpha value is -3.14. The predicted octanol–water partition coefficient (Wildman–Crippen LogP) is 2.17. The molecule has 0 unspecified atom stereocenters. The number of alkyl halides is 3. The second-order valence-electron chi connectivity index (χ2n) is 5.48. The van der Waals surface area contributed by atoms with Gasteiger partial charge in [-0.15, -0.1) is 0 Å². The minimum absolute atomic E-state index is 0.0350. The van der Waals surface area contributed by atoms with Gasteiger partial charge in [-0.25, -0.2) is 12.4 Å². The number of rotatable bonds is 4. The van der Waals surface area contributed by atoms with E-state index in [0.717, 1.165) is 18.5 Å². The van der Waals surface area contributed by atoms with Gasteiger partial charge < -0.3 is 9.90 Å². The van der Waals surface area contributed by atoms with Gasteiger partial charge >= 0.3 is 6.18 Å². The van der Waals surface area contributed by atoms with Gasteiger partial charge in [0.25, 0.3) is 10.0 Å². The highest BCUT2D eigenvalue weighted by atomic mass is 32.2. The molecule has 1 aromatic carbocycles. The molecule has 0 aliphatic carbocycles. The summed E-state index contributed by atoms with van der Waals surface area (Å²) in [5.74, 6) is -1.62. The number of carbonyl (C=O) groups is 1. The van der Waals surface area contributed by atoms with Crippen molar-refractivity contribution in [3.63, 3.8) is 0 Å². The van der Waals surface area contributed by atoms with E-state index in [-0.39, 0.29) is 5.69 Å². The molecule has 0 aliphatic rings. The number of aromatic nitrogens is 2. The highest BCUT2D eigenvalue weighted by Gasteiger charge is 2.33. The maximum absolute atomic E-state index is 12.9. The van der Waals surface area contributed by atoms with E-state index in [1.54, 1.807) is 18.2 Å². The minimum atomic E-state index is -4.78. The van der Waals surface area contributed by atoms with Crippen molar-refractivity contribution in [2.45, 2.75) is 11.1 Å². The maximum Gasteiger partial charge on any atom is 0.417 e. The number of halogens is 3. The standard InChI is InChI=1S/C17H11F3N2O4S/c18-17(19,20)13-7-14(9-21-8-13)27(25,26)22-10-12(16(23)24)6-15(22)11-4-2-1-3-5-11/h1-10H,(H,23,24)/p-1. The topological polar surface area (TPSA) is 92.1 Å². The molecular weight excluding hydrogens is 385 g/mol. The zero-order valence-electron chi connectivity index (χ0n) is 13.3. The molecule has 0 saturated heterocycles. The molecule has 3 aromatic rings. The summed E-state index contributed by atoms with van der Waals surface area (Å²) in [6.07, 6.45) is -2.74. The van der Waals surface area contributed by atoms with E-state index in [4.69, 9.17) is 0 Å². The Morgan fingerprint density at radius 1 is 1.07 bits per heavy atom. The van der Waals surface area contributed by atoms with Gasteiger partial charge in [0.2, 0.25) is 0 Å². The van der Waals surface area contributed by atoms with Crippen molar-refractivity contribution in [1.29, 1.82) is 0 Å². The zero-order valence-corrected chi connectivity index (χ0v) is 14.2. The van der Waals surface area contributed by atoms with Gasteiger partial charge in [-0.1, -0.05) is 30.3 Å². The molecule has 0 bridgehead atoms. The molecule has 2 heterocycles. The number of hydrogen-bond acceptors (Lipinski definition) is 5. The number of pyridine rings is 1. The number of nitrogens with zero attached hydrogens (tertiary/aromatic N) is 2. The Morgan fingerprint density at radius 3 is 2.33 bits per heavy atom. The van der Waals surface area contributed by atoms with Crippen molar-refractivity contribution in [2.75, 3.05) is 0 Å². The molecule has 0 fully saturated rings. The van der Waals surface area contributed by atoms with Crippen LogP contribution in [0.2, 0.25) is 0 Å². The third kappa shape index (κ3) is 3.56. The van der Waals surface area contributed by atoms with Crippen LogP contribution in [0.1, 0.15) is 15.9 Å². The van der Waals surface area contributed by atoms with Crippen LogP contribution in [0.5, 0.6) is 0 Å². The van der Waals surface area contributed by atoms with E-state index < -0.39 is 38.2 Å². The van der Waals surface area contributed by atoms with Crippen molar-refractivity contribution in [3.05, 3.63) is 72.2 Å². The molecule has 10 heteroatoms. The molecule has 0 amide bonds. The lowest BCUT2D eigenvalue weighted by atomic mass is 10.1. The molecule has 0 atom stereocenters. The Morgan fingerprint density at radius 2 is 1.74 bits per heavy atom. The molecule has 140 valence electrons. The van der Waals surface area contributed by atoms with Crippen LogP contribution in [-0.4, -0.2) is 23.3 Å². The van der Waals surface area contributed by atoms with Gasteiger partial charge in [-0.05, 0) is 17.7 Å². The fourth-order valence-electron chi connectivity index (χ4n) is 2.40. The SMILES string of the molecule is O=C([O-])c1cc(-c2ccccc2)n(S(=O)(=O)c2cncc(C(F)(F)F)c2)c1. The minimum Gasteiger partial charge on any atom is -0.545 e. The average Bonchev–Trinajstić information content (AvgIpc) is 3.08. The monoisotopic (exact) mass is 395 g/mol. The molecule has 3 rings (SSSR count). The Kier molecular flexibility index (Phi) is 4.52. The van der Waals surface area contributed by atoms with E-state index in [1.807, 2.05) is 0 Å². The van der Waals surface area contributed by atoms with Gasteiger partial charge in [0, 0.05) is 24.2 Å². The summed E-state index contributed by atoms with van der Waals surface area (Å²) in [6, 6.07) is 9.45. The Bertz CT molecular complexity index is 1110. The lowest BCUT2D eigenvalue weighted by molar-refractivity contribution is -0.255. The van der Waals surface area contributed by atoms with Crippen molar-refractivity contribution < 1.29 is 31.5 Å². The summed E-state index contributed by atoms with van der Waals surface area (Å²) >= 11 is 0. The highest BCUT2D eigenvalue weighted by molar-refractivity contribution is 7.90. The number of benzene rings is 1. The van der Waals surface area contributed by atoms with E-state index in [2.05, 4.69) is 4.98 Å². The van der Waals surface area contributed by atoms with Crippen molar-refractivity contribution in [2.24, 2.45) is 0 Å². The summed E-state index contributed by atoms with van der Waals surface area (Å²) in [5, 5.41) is 11.2. The van der Waals surface area contributed by atoms with E-state index in [9.17, 15) is 31.5 Å². The second-order valence-corrected chi connectivity index (χ2v) is 7.29. The summed E-state index contributed by atoms with van der Waals surface area (Å²) in [6.45, 7) is 0. The van der Waals surface area contributed by atoms with E-state index in [0.29, 0.717) is 21.8 Å². The number of carbonyl (C=O) groups excluding carboxylic acids is 1. The quantitative estimate of drug-likeness (QED) is 0.675. The van der Waals surface area contributed by atoms with Crippen LogP contribution >= 0.6 is 0 Å². The number of hydrogen-bond donors (Lipinski definition) is 0. The Labute approximate surface area is 151 Å². The second kappa shape index (κ2) is 6.54. The summed E-state index contributed by atoms with van der Waals surface area (Å²) in [7, 11) is -4.55. The number of carboxylic acids is 1. The van der Waals surface area contributed by atoms with Crippen LogP contribution < -0.4 is 5.11 Å². The van der Waals surface area contributed by atoms with Gasteiger partial charge in [0.1, 0.15) is 4.90 Å². The van der Waals surface area contributed by atoms with Crippen LogP contribution in [0, 0.1) is 0 Å². The van der Waals surface area contributed by atoms with Gasteiger partial charge in [0.15, 0.2) is 0 Å². The first kappa shape index (κ1) is 18.6. The molecule has 0 aliphatic heterocycles. The van der Waals surface area contributed by atoms with Crippen LogP contribution in [-0.2, 0) is 16.2 Å². The fourth-order valence-corrected chi connectivity index (χ4v) is 3.77. The van der Waals surface area contributed by atoms with E-state index in [1.165, 1.54) is 12.1 Å². The van der Waals surface area contributed by atoms with Crippen molar-refractivity contribution >= 4 is 16.0 Å². The molecule has 0 N–H and O–H groups in total. The molecule has 0 saturated carbocycles. The van der Waals surface area contributed by atoms with Gasteiger partial charge in [-0.3, -0.25) is 4.98 Å². The number of aromatic carboxylic acids is 1. The largest absolute Gasteiger partial charge is 0.545 e. The first-order chi connectivity index (χ1) is 12.6. The highest BCUT2D eigenvalue weighted by Crippen LogP contribution is 2.31. The lowest BCUT2D eigenvalue weighted by Crippen LogP contribution is -2.22. The average molecular weight is 395 g/mol. The Balaban J connectivity index is 2.22. The van der Waals surface area contributed by atoms with Crippen molar-refractivity contribution in [3.8, 4) is 11.3 Å². The van der Waals surface area contributed by atoms with Crippen LogP contribution in [0.4, 0.5) is 13.2 Å². The third-order valence-electron chi connectivity index (χ3n) is 3.69. The third-order valence-corrected chi connectivity index (χ3v) is 5.33. The zero-order chi connectivity index (χ0) is 19.8. The summed E-state index contributed by atoms with van der Waals surface area (Å²) in [5.41, 5.74) is -1.35. The van der Waals surface area contributed by atoms with Crippen LogP contribution in [0.25, 0.3) is 11.3 Å². The van der Waals surface area contributed by atoms with Crippen LogP contribution in [0.3, 0.4) is 0 Å². The van der Waals surface area contributed by atoms with Crippen molar-refractivity contribution in [1.82, 2.24) is 8.96 Å². The first-order valence-electron chi connectivity index (χ1n) is 7.37. The normalized spacial score (nSPS) is 12.1. The molecule has 0 radical (unpaired) electrons. The smallest absolute Gasteiger partial charge is 0.417 e. The van der Waals surface area contributed by atoms with E-state index >= 15 is 0 Å². The molecular formula is C17H10F3N2O4S-.